The lowest BCUT2D eigenvalue weighted by Crippen LogP contribution is -2.39. The van der Waals surface area contributed by atoms with Crippen molar-refractivity contribution in [1.29, 1.82) is 0 Å². The molecule has 0 saturated heterocycles. The van der Waals surface area contributed by atoms with Crippen molar-refractivity contribution in [3.05, 3.63) is 36.4 Å². The predicted molar refractivity (Wildman–Crippen MR) is 82.5 cm³/mol. The van der Waals surface area contributed by atoms with Crippen LogP contribution in [0.25, 0.3) is 10.9 Å². The summed E-state index contributed by atoms with van der Waals surface area (Å²) in [5.74, 6) is 1.03. The van der Waals surface area contributed by atoms with Crippen LogP contribution in [0.4, 0.5) is 5.82 Å². The molecule has 0 fully saturated rings. The Morgan fingerprint density at radius 2 is 1.89 bits per heavy atom. The maximum absolute atomic E-state index is 5.83. The fourth-order valence-corrected chi connectivity index (χ4v) is 2.17. The van der Waals surface area contributed by atoms with Crippen molar-refractivity contribution in [2.45, 2.75) is 20.8 Å². The molecule has 2 rings (SSSR count). The van der Waals surface area contributed by atoms with Gasteiger partial charge in [0.1, 0.15) is 5.82 Å². The van der Waals surface area contributed by atoms with Crippen LogP contribution in [-0.4, -0.2) is 24.6 Å². The lowest BCUT2D eigenvalue weighted by atomic mass is 9.93. The first-order valence-corrected chi connectivity index (χ1v) is 6.86. The molecule has 0 unspecified atom stereocenters. The van der Waals surface area contributed by atoms with Gasteiger partial charge in [-0.1, -0.05) is 32.0 Å². The molecule has 1 aromatic heterocycles. The molecular formula is C16H23N3. The van der Waals surface area contributed by atoms with Gasteiger partial charge in [0, 0.05) is 18.5 Å². The van der Waals surface area contributed by atoms with Gasteiger partial charge >= 0.3 is 0 Å². The minimum absolute atomic E-state index is 0.101. The molecule has 102 valence electrons. The Hall–Kier alpha value is -1.61. The summed E-state index contributed by atoms with van der Waals surface area (Å²) in [7, 11) is 0. The van der Waals surface area contributed by atoms with E-state index in [1.807, 2.05) is 12.1 Å². The molecule has 0 aliphatic rings. The van der Waals surface area contributed by atoms with E-state index >= 15 is 0 Å². The lowest BCUT2D eigenvalue weighted by molar-refractivity contribution is 0.379. The van der Waals surface area contributed by atoms with E-state index in [0.29, 0.717) is 6.54 Å². The van der Waals surface area contributed by atoms with Crippen molar-refractivity contribution in [2.75, 3.05) is 24.5 Å². The van der Waals surface area contributed by atoms with E-state index in [1.54, 1.807) is 0 Å². The Kier molecular flexibility index (Phi) is 4.05. The summed E-state index contributed by atoms with van der Waals surface area (Å²) in [6, 6.07) is 12.4. The van der Waals surface area contributed by atoms with Gasteiger partial charge < -0.3 is 10.6 Å². The van der Waals surface area contributed by atoms with Crippen molar-refractivity contribution in [1.82, 2.24) is 4.98 Å². The average Bonchev–Trinajstić information content (AvgIpc) is 2.44. The number of para-hydroxylation sites is 1. The molecule has 0 bridgehead atoms. The zero-order chi connectivity index (χ0) is 13.9. The molecule has 0 amide bonds. The van der Waals surface area contributed by atoms with Crippen molar-refractivity contribution in [2.24, 2.45) is 11.1 Å². The topological polar surface area (TPSA) is 42.1 Å². The zero-order valence-electron chi connectivity index (χ0n) is 12.1. The first kappa shape index (κ1) is 13.8. The van der Waals surface area contributed by atoms with E-state index in [9.17, 15) is 0 Å². The van der Waals surface area contributed by atoms with Crippen LogP contribution in [0.1, 0.15) is 20.8 Å². The van der Waals surface area contributed by atoms with Gasteiger partial charge in [-0.3, -0.25) is 0 Å². The molecule has 0 spiro atoms. The van der Waals surface area contributed by atoms with Crippen LogP contribution < -0.4 is 10.6 Å². The molecule has 3 nitrogen and oxygen atoms in total. The van der Waals surface area contributed by atoms with Gasteiger partial charge in [-0.25, -0.2) is 4.98 Å². The normalized spacial score (nSPS) is 11.8. The fraction of sp³-hybridized carbons (Fsp3) is 0.438. The van der Waals surface area contributed by atoms with Crippen LogP contribution in [0.2, 0.25) is 0 Å². The summed E-state index contributed by atoms with van der Waals surface area (Å²) in [5, 5.41) is 1.18. The van der Waals surface area contributed by atoms with Crippen molar-refractivity contribution >= 4 is 16.7 Å². The number of rotatable bonds is 5. The smallest absolute Gasteiger partial charge is 0.129 e. The Morgan fingerprint density at radius 1 is 1.16 bits per heavy atom. The molecule has 0 radical (unpaired) electrons. The molecule has 3 heteroatoms. The predicted octanol–water partition coefficient (Wildman–Crippen LogP) is 3.05. The van der Waals surface area contributed by atoms with Gasteiger partial charge in [0.15, 0.2) is 0 Å². The van der Waals surface area contributed by atoms with Crippen molar-refractivity contribution in [3.8, 4) is 0 Å². The number of fused-ring (bicyclic) bond motifs is 1. The highest BCUT2D eigenvalue weighted by molar-refractivity contribution is 5.80. The molecule has 19 heavy (non-hydrogen) atoms. The van der Waals surface area contributed by atoms with Gasteiger partial charge in [0.2, 0.25) is 0 Å². The Balaban J connectivity index is 2.30. The molecule has 0 aliphatic carbocycles. The standard InChI is InChI=1S/C16H23N3/c1-4-19(12-16(2,3)11-17)15-10-9-13-7-5-6-8-14(13)18-15/h5-10H,4,11-12,17H2,1-3H3. The third-order valence-electron chi connectivity index (χ3n) is 3.46. The van der Waals surface area contributed by atoms with Gasteiger partial charge in [-0.05, 0) is 37.1 Å². The minimum Gasteiger partial charge on any atom is -0.356 e. The van der Waals surface area contributed by atoms with Gasteiger partial charge in [-0.15, -0.1) is 0 Å². The summed E-state index contributed by atoms with van der Waals surface area (Å²) in [5.41, 5.74) is 6.98. The van der Waals surface area contributed by atoms with Crippen LogP contribution in [0.3, 0.4) is 0 Å². The highest BCUT2D eigenvalue weighted by Gasteiger charge is 2.20. The second-order valence-corrected chi connectivity index (χ2v) is 5.74. The lowest BCUT2D eigenvalue weighted by Gasteiger charge is -2.32. The quantitative estimate of drug-likeness (QED) is 0.895. The van der Waals surface area contributed by atoms with Gasteiger partial charge in [0.25, 0.3) is 0 Å². The fourth-order valence-electron chi connectivity index (χ4n) is 2.17. The van der Waals surface area contributed by atoms with Crippen LogP contribution >= 0.6 is 0 Å². The SMILES string of the molecule is CCN(CC(C)(C)CN)c1ccc2ccccc2n1. The Bertz CT molecular complexity index is 548. The number of benzene rings is 1. The maximum Gasteiger partial charge on any atom is 0.129 e. The Labute approximate surface area is 115 Å². The molecule has 2 aromatic rings. The summed E-state index contributed by atoms with van der Waals surface area (Å²) in [6.07, 6.45) is 0. The number of nitrogens with zero attached hydrogens (tertiary/aromatic N) is 2. The van der Waals surface area contributed by atoms with Crippen molar-refractivity contribution in [3.63, 3.8) is 0 Å². The first-order chi connectivity index (χ1) is 9.05. The summed E-state index contributed by atoms with van der Waals surface area (Å²) >= 11 is 0. The highest BCUT2D eigenvalue weighted by Crippen LogP contribution is 2.22. The van der Waals surface area contributed by atoms with Gasteiger partial charge in [0.05, 0.1) is 5.52 Å². The number of hydrogen-bond acceptors (Lipinski definition) is 3. The van der Waals surface area contributed by atoms with Crippen LogP contribution in [0.15, 0.2) is 36.4 Å². The van der Waals surface area contributed by atoms with E-state index in [2.05, 4.69) is 49.9 Å². The third kappa shape index (κ3) is 3.24. The van der Waals surface area contributed by atoms with Gasteiger partial charge in [-0.2, -0.15) is 0 Å². The largest absolute Gasteiger partial charge is 0.356 e. The number of hydrogen-bond donors (Lipinski definition) is 1. The van der Waals surface area contributed by atoms with Crippen LogP contribution in [-0.2, 0) is 0 Å². The molecule has 0 aliphatic heterocycles. The number of nitrogens with two attached hydrogens (primary N) is 1. The summed E-state index contributed by atoms with van der Waals surface area (Å²) in [4.78, 5) is 7.04. The second-order valence-electron chi connectivity index (χ2n) is 5.74. The van der Waals surface area contributed by atoms with E-state index in [-0.39, 0.29) is 5.41 Å². The summed E-state index contributed by atoms with van der Waals surface area (Å²) < 4.78 is 0. The zero-order valence-corrected chi connectivity index (χ0v) is 12.1. The number of pyridine rings is 1. The highest BCUT2D eigenvalue weighted by atomic mass is 15.2. The number of anilines is 1. The summed E-state index contributed by atoms with van der Waals surface area (Å²) in [6.45, 7) is 9.08. The first-order valence-electron chi connectivity index (χ1n) is 6.86. The molecule has 1 heterocycles. The molecule has 1 aromatic carbocycles. The average molecular weight is 257 g/mol. The van der Waals surface area contributed by atoms with Crippen LogP contribution in [0, 0.1) is 5.41 Å². The molecule has 2 N–H and O–H groups in total. The van der Waals surface area contributed by atoms with E-state index < -0.39 is 0 Å². The van der Waals surface area contributed by atoms with E-state index in [4.69, 9.17) is 10.7 Å². The molecule has 0 atom stereocenters. The minimum atomic E-state index is 0.101. The third-order valence-corrected chi connectivity index (χ3v) is 3.46. The molecular weight excluding hydrogens is 234 g/mol. The second kappa shape index (κ2) is 5.57. The number of aromatic nitrogens is 1. The Morgan fingerprint density at radius 3 is 2.58 bits per heavy atom. The van der Waals surface area contributed by atoms with E-state index in [0.717, 1.165) is 24.4 Å². The van der Waals surface area contributed by atoms with E-state index in [1.165, 1.54) is 5.39 Å². The monoisotopic (exact) mass is 257 g/mol. The van der Waals surface area contributed by atoms with Crippen LogP contribution in [0.5, 0.6) is 0 Å². The molecule has 0 saturated carbocycles. The van der Waals surface area contributed by atoms with Crippen molar-refractivity contribution < 1.29 is 0 Å². The maximum atomic E-state index is 5.83.